The molecule has 1 fully saturated rings. The van der Waals surface area contributed by atoms with Crippen LogP contribution in [0.4, 0.5) is 0 Å². The molecule has 1 unspecified atom stereocenters. The molecule has 0 bridgehead atoms. The van der Waals surface area contributed by atoms with Crippen LogP contribution in [0.1, 0.15) is 18.4 Å². The fourth-order valence-corrected chi connectivity index (χ4v) is 1.78. The summed E-state index contributed by atoms with van der Waals surface area (Å²) < 4.78 is 10.5. The third-order valence-electron chi connectivity index (χ3n) is 2.68. The van der Waals surface area contributed by atoms with Crippen LogP contribution in [-0.4, -0.2) is 19.7 Å². The van der Waals surface area contributed by atoms with Crippen LogP contribution in [0.15, 0.2) is 23.0 Å². The van der Waals surface area contributed by atoms with Gasteiger partial charge in [0.2, 0.25) is 0 Å². The molecule has 1 saturated heterocycles. The molecule has 2 heterocycles. The molecule has 0 amide bonds. The zero-order valence-corrected chi connectivity index (χ0v) is 8.37. The molecular weight excluding hydrogens is 178 g/mol. The summed E-state index contributed by atoms with van der Waals surface area (Å²) in [5, 5.41) is 3.36. The van der Waals surface area contributed by atoms with Crippen molar-refractivity contribution in [2.75, 3.05) is 19.7 Å². The van der Waals surface area contributed by atoms with Gasteiger partial charge in [-0.2, -0.15) is 0 Å². The fourth-order valence-electron chi connectivity index (χ4n) is 1.78. The van der Waals surface area contributed by atoms with E-state index in [1.807, 2.05) is 6.07 Å². The van der Waals surface area contributed by atoms with E-state index in [0.717, 1.165) is 24.6 Å². The first kappa shape index (κ1) is 9.74. The molecule has 1 aromatic heterocycles. The lowest BCUT2D eigenvalue weighted by Crippen LogP contribution is -2.10. The van der Waals surface area contributed by atoms with Gasteiger partial charge in [-0.1, -0.05) is 0 Å². The Morgan fingerprint density at radius 2 is 2.57 bits per heavy atom. The quantitative estimate of drug-likeness (QED) is 0.727. The van der Waals surface area contributed by atoms with Crippen LogP contribution >= 0.6 is 0 Å². The zero-order valence-electron chi connectivity index (χ0n) is 8.37. The number of furan rings is 1. The van der Waals surface area contributed by atoms with Crippen molar-refractivity contribution >= 4 is 0 Å². The zero-order chi connectivity index (χ0) is 9.64. The molecule has 0 saturated carbocycles. The van der Waals surface area contributed by atoms with E-state index in [9.17, 15) is 0 Å². The van der Waals surface area contributed by atoms with Gasteiger partial charge in [0, 0.05) is 12.2 Å². The third kappa shape index (κ3) is 2.86. The highest BCUT2D eigenvalue weighted by molar-refractivity contribution is 5.02. The van der Waals surface area contributed by atoms with Gasteiger partial charge in [0.25, 0.3) is 0 Å². The molecule has 1 aliphatic heterocycles. The standard InChI is InChI=1S/C11H17NO2/c1-4-12-7-10(1)2-5-13-8-11-3-6-14-9-11/h3,6,9-10,12H,1-2,4-5,7-8H2. The molecular formula is C11H17NO2. The van der Waals surface area contributed by atoms with Crippen LogP contribution in [0.5, 0.6) is 0 Å². The maximum Gasteiger partial charge on any atom is 0.0957 e. The van der Waals surface area contributed by atoms with Crippen LogP contribution in [-0.2, 0) is 11.3 Å². The summed E-state index contributed by atoms with van der Waals surface area (Å²) in [6.07, 6.45) is 5.89. The lowest BCUT2D eigenvalue weighted by Gasteiger charge is -2.07. The van der Waals surface area contributed by atoms with Crippen LogP contribution in [0.2, 0.25) is 0 Å². The molecule has 0 aromatic carbocycles. The van der Waals surface area contributed by atoms with Crippen molar-refractivity contribution in [2.45, 2.75) is 19.4 Å². The number of nitrogens with one attached hydrogen (secondary N) is 1. The molecule has 1 N–H and O–H groups in total. The number of ether oxygens (including phenoxy) is 1. The monoisotopic (exact) mass is 195 g/mol. The minimum atomic E-state index is 0.677. The van der Waals surface area contributed by atoms with Gasteiger partial charge < -0.3 is 14.5 Å². The van der Waals surface area contributed by atoms with Crippen LogP contribution in [0, 0.1) is 5.92 Å². The van der Waals surface area contributed by atoms with Crippen LogP contribution in [0.25, 0.3) is 0 Å². The Balaban J connectivity index is 1.55. The number of hydrogen-bond acceptors (Lipinski definition) is 3. The van der Waals surface area contributed by atoms with Gasteiger partial charge >= 0.3 is 0 Å². The Morgan fingerprint density at radius 1 is 1.57 bits per heavy atom. The molecule has 0 spiro atoms. The summed E-state index contributed by atoms with van der Waals surface area (Å²) in [4.78, 5) is 0. The first-order chi connectivity index (χ1) is 6.95. The van der Waals surface area contributed by atoms with E-state index in [1.165, 1.54) is 19.4 Å². The van der Waals surface area contributed by atoms with Crippen LogP contribution < -0.4 is 5.32 Å². The van der Waals surface area contributed by atoms with E-state index in [-0.39, 0.29) is 0 Å². The highest BCUT2D eigenvalue weighted by atomic mass is 16.5. The van der Waals surface area contributed by atoms with Crippen molar-refractivity contribution in [1.29, 1.82) is 0 Å². The predicted molar refractivity (Wildman–Crippen MR) is 54.0 cm³/mol. The number of rotatable bonds is 5. The van der Waals surface area contributed by atoms with Crippen molar-refractivity contribution in [3.05, 3.63) is 24.2 Å². The molecule has 1 aromatic rings. The van der Waals surface area contributed by atoms with Crippen molar-refractivity contribution in [3.63, 3.8) is 0 Å². The Labute approximate surface area is 84.4 Å². The topological polar surface area (TPSA) is 34.4 Å². The van der Waals surface area contributed by atoms with E-state index < -0.39 is 0 Å². The normalized spacial score (nSPS) is 21.6. The van der Waals surface area contributed by atoms with Crippen molar-refractivity contribution in [3.8, 4) is 0 Å². The molecule has 3 nitrogen and oxygen atoms in total. The third-order valence-corrected chi connectivity index (χ3v) is 2.68. The van der Waals surface area contributed by atoms with Gasteiger partial charge in [0.15, 0.2) is 0 Å². The lowest BCUT2D eigenvalue weighted by atomic mass is 10.1. The van der Waals surface area contributed by atoms with E-state index in [4.69, 9.17) is 9.15 Å². The second-order valence-corrected chi connectivity index (χ2v) is 3.83. The van der Waals surface area contributed by atoms with Gasteiger partial charge in [-0.25, -0.2) is 0 Å². The summed E-state index contributed by atoms with van der Waals surface area (Å²) in [6.45, 7) is 3.87. The first-order valence-electron chi connectivity index (χ1n) is 5.24. The molecule has 2 rings (SSSR count). The van der Waals surface area contributed by atoms with E-state index in [0.29, 0.717) is 6.61 Å². The second-order valence-electron chi connectivity index (χ2n) is 3.83. The van der Waals surface area contributed by atoms with Crippen LogP contribution in [0.3, 0.4) is 0 Å². The molecule has 14 heavy (non-hydrogen) atoms. The average molecular weight is 195 g/mol. The maximum atomic E-state index is 5.55. The van der Waals surface area contributed by atoms with E-state index in [1.54, 1.807) is 12.5 Å². The average Bonchev–Trinajstić information content (AvgIpc) is 2.86. The molecule has 1 aliphatic rings. The summed E-state index contributed by atoms with van der Waals surface area (Å²) in [7, 11) is 0. The minimum absolute atomic E-state index is 0.677. The number of hydrogen-bond donors (Lipinski definition) is 1. The Morgan fingerprint density at radius 3 is 3.29 bits per heavy atom. The van der Waals surface area contributed by atoms with Gasteiger partial charge in [-0.15, -0.1) is 0 Å². The smallest absolute Gasteiger partial charge is 0.0957 e. The predicted octanol–water partition coefficient (Wildman–Crippen LogP) is 1.80. The second kappa shape index (κ2) is 5.17. The summed E-state index contributed by atoms with van der Waals surface area (Å²) >= 11 is 0. The SMILES string of the molecule is c1cc(COCCC2CCNC2)co1. The lowest BCUT2D eigenvalue weighted by molar-refractivity contribution is 0.109. The van der Waals surface area contributed by atoms with Crippen molar-refractivity contribution in [1.82, 2.24) is 5.32 Å². The van der Waals surface area contributed by atoms with Gasteiger partial charge in [-0.05, 0) is 37.9 Å². The maximum absolute atomic E-state index is 5.55. The fraction of sp³-hybridized carbons (Fsp3) is 0.636. The van der Waals surface area contributed by atoms with E-state index >= 15 is 0 Å². The minimum Gasteiger partial charge on any atom is -0.472 e. The van der Waals surface area contributed by atoms with Crippen molar-refractivity contribution < 1.29 is 9.15 Å². The molecule has 0 aliphatic carbocycles. The Kier molecular flexibility index (Phi) is 3.60. The summed E-state index contributed by atoms with van der Waals surface area (Å²) in [5.41, 5.74) is 1.12. The van der Waals surface area contributed by atoms with Gasteiger partial charge in [0.1, 0.15) is 0 Å². The molecule has 3 heteroatoms. The molecule has 78 valence electrons. The van der Waals surface area contributed by atoms with Gasteiger partial charge in [0.05, 0.1) is 19.1 Å². The van der Waals surface area contributed by atoms with Gasteiger partial charge in [-0.3, -0.25) is 0 Å². The summed E-state index contributed by atoms with van der Waals surface area (Å²) in [5.74, 6) is 0.819. The summed E-state index contributed by atoms with van der Waals surface area (Å²) in [6, 6.07) is 1.94. The highest BCUT2D eigenvalue weighted by Gasteiger charge is 2.13. The first-order valence-corrected chi connectivity index (χ1v) is 5.24. The molecule has 0 radical (unpaired) electrons. The molecule has 1 atom stereocenters. The Bertz CT molecular complexity index is 240. The van der Waals surface area contributed by atoms with Crippen molar-refractivity contribution in [2.24, 2.45) is 5.92 Å². The Hall–Kier alpha value is -0.800. The largest absolute Gasteiger partial charge is 0.472 e. The highest BCUT2D eigenvalue weighted by Crippen LogP contribution is 2.12. The van der Waals surface area contributed by atoms with E-state index in [2.05, 4.69) is 5.32 Å².